The summed E-state index contributed by atoms with van der Waals surface area (Å²) in [5.74, 6) is -5.98. The molecule has 0 fully saturated rings. The van der Waals surface area contributed by atoms with Gasteiger partial charge in [-0.15, -0.1) is 0 Å². The molecule has 0 aromatic rings. The summed E-state index contributed by atoms with van der Waals surface area (Å²) in [6, 6.07) is 0. The molecule has 0 bridgehead atoms. The van der Waals surface area contributed by atoms with Gasteiger partial charge in [-0.25, -0.2) is 0 Å². The predicted molar refractivity (Wildman–Crippen MR) is 57.1 cm³/mol. The SMILES string of the molecule is O=C([O-])CC(O)(CC(=O)[O-])C(=O)[O-].O=[N+]([O-])[O-].[Ag+].[Cl][Au]([Cl])[Cl].[Na+].[Na+].[Na+]. The van der Waals surface area contributed by atoms with Crippen LogP contribution in [0.15, 0.2) is 0 Å². The maximum atomic E-state index is 10.1. The van der Waals surface area contributed by atoms with Crippen LogP contribution in [0.5, 0.6) is 0 Å². The van der Waals surface area contributed by atoms with E-state index >= 15 is 0 Å². The molecule has 1 N–H and O–H groups in total. The molecular weight excluding hydrogens is 726 g/mol. The van der Waals surface area contributed by atoms with E-state index in [4.69, 9.17) is 48.0 Å². The van der Waals surface area contributed by atoms with E-state index < -0.39 is 56.6 Å². The van der Waals surface area contributed by atoms with Crippen molar-refractivity contribution in [2.75, 3.05) is 0 Å². The minimum Gasteiger partial charge on any atom is 1.00 e. The maximum absolute atomic E-state index is 10.1. The summed E-state index contributed by atoms with van der Waals surface area (Å²) < 4.78 is 0. The van der Waals surface area contributed by atoms with Gasteiger partial charge in [-0.2, -0.15) is 0 Å². The van der Waals surface area contributed by atoms with Gasteiger partial charge in [-0.1, -0.05) is 0 Å². The number of hydrogen-bond acceptors (Lipinski definition) is 10. The van der Waals surface area contributed by atoms with Gasteiger partial charge in [0.1, 0.15) is 5.60 Å². The molecular formula is C6H5AgAuCl3NNa3O10. The molecule has 0 aromatic heterocycles. The molecule has 0 aliphatic heterocycles. The quantitative estimate of drug-likeness (QED) is 0.161. The zero-order chi connectivity index (χ0) is 17.8. The van der Waals surface area contributed by atoms with Crippen LogP contribution in [0.3, 0.4) is 0 Å². The third-order valence-electron chi connectivity index (χ3n) is 1.25. The number of halogens is 3. The second-order valence-corrected chi connectivity index (χ2v) is 12.2. The molecule has 0 heterocycles. The molecule has 25 heavy (non-hydrogen) atoms. The van der Waals surface area contributed by atoms with Crippen molar-refractivity contribution in [3.8, 4) is 0 Å². The molecule has 11 nitrogen and oxygen atoms in total. The van der Waals surface area contributed by atoms with E-state index in [1.165, 1.54) is 0 Å². The fraction of sp³-hybridized carbons (Fsp3) is 0.500. The largest absolute Gasteiger partial charge is 1.00 e. The van der Waals surface area contributed by atoms with Crippen LogP contribution in [0, 0.1) is 15.3 Å². The van der Waals surface area contributed by atoms with Crippen molar-refractivity contribution in [1.29, 1.82) is 0 Å². The smallest absolute Gasteiger partial charge is 1.00 e. The monoisotopic (exact) mass is 729 g/mol. The van der Waals surface area contributed by atoms with E-state index in [0.717, 1.165) is 0 Å². The fourth-order valence-electron chi connectivity index (χ4n) is 0.684. The standard InChI is InChI=1S/C6H8O7.Ag.Au.3ClH.NO3.3Na/c7-3(8)1-6(13,5(11)12)2-4(9)10;;;;;;2-1(3)4;;;/h13H,1-2H2,(H,7,8)(H,9,10)(H,11,12);;;3*1H;;;;/q;+1;+3;;;;-1;3*+1/p-6. The molecule has 0 radical (unpaired) electrons. The van der Waals surface area contributed by atoms with E-state index in [0.29, 0.717) is 0 Å². The number of aliphatic hydroxyl groups is 1. The Kier molecular flexibility index (Phi) is 49.8. The number of hydrogen-bond donors (Lipinski definition) is 1. The number of nitrogens with zero attached hydrogens (tertiary/aromatic N) is 1. The van der Waals surface area contributed by atoms with Crippen molar-refractivity contribution >= 4 is 45.5 Å². The molecule has 0 aromatic carbocycles. The van der Waals surface area contributed by atoms with Crippen LogP contribution in [-0.4, -0.2) is 33.7 Å². The fourth-order valence-corrected chi connectivity index (χ4v) is 0.684. The topological polar surface area (TPSA) is 207 Å². The summed E-state index contributed by atoms with van der Waals surface area (Å²) in [5.41, 5.74) is -2.97. The van der Waals surface area contributed by atoms with Crippen LogP contribution in [0.25, 0.3) is 0 Å². The molecule has 0 aliphatic carbocycles. The maximum Gasteiger partial charge on any atom is 1.00 e. The van der Waals surface area contributed by atoms with E-state index in [1.54, 1.807) is 0 Å². The first kappa shape index (κ1) is 46.2. The van der Waals surface area contributed by atoms with Crippen molar-refractivity contribution < 1.29 is 166 Å². The van der Waals surface area contributed by atoms with Gasteiger partial charge in [0.2, 0.25) is 0 Å². The number of carbonyl (C=O) groups excluding carboxylic acids is 3. The normalized spacial score (nSPS) is 8.40. The Morgan fingerprint density at radius 1 is 0.920 bits per heavy atom. The van der Waals surface area contributed by atoms with Crippen LogP contribution >= 0.6 is 27.6 Å². The first-order chi connectivity index (χ1) is 9.24. The average molecular weight is 731 g/mol. The van der Waals surface area contributed by atoms with E-state index in [-0.39, 0.29) is 111 Å². The first-order valence-corrected chi connectivity index (χ1v) is 12.1. The van der Waals surface area contributed by atoms with Crippen molar-refractivity contribution in [2.24, 2.45) is 0 Å². The summed E-state index contributed by atoms with van der Waals surface area (Å²) in [7, 11) is 14.9. The second-order valence-electron chi connectivity index (χ2n) is 2.77. The predicted octanol–water partition coefficient (Wildman–Crippen LogP) is -12.4. The van der Waals surface area contributed by atoms with Gasteiger partial charge in [0.05, 0.1) is 11.1 Å². The van der Waals surface area contributed by atoms with Crippen molar-refractivity contribution in [3.05, 3.63) is 15.3 Å². The molecule has 0 spiro atoms. The van der Waals surface area contributed by atoms with Crippen LogP contribution in [0.2, 0.25) is 0 Å². The molecule has 19 heteroatoms. The minimum absolute atomic E-state index is 0. The van der Waals surface area contributed by atoms with Gasteiger partial charge in [-0.05, 0) is 0 Å². The van der Waals surface area contributed by atoms with Gasteiger partial charge in [0.15, 0.2) is 0 Å². The van der Waals surface area contributed by atoms with Gasteiger partial charge in [0.25, 0.3) is 0 Å². The third kappa shape index (κ3) is 46.7. The Bertz CT molecular complexity index is 374. The van der Waals surface area contributed by atoms with E-state index in [2.05, 4.69) is 0 Å². The van der Waals surface area contributed by atoms with Crippen molar-refractivity contribution in [1.82, 2.24) is 0 Å². The number of carboxylic acids is 3. The van der Waals surface area contributed by atoms with Crippen LogP contribution < -0.4 is 104 Å². The van der Waals surface area contributed by atoms with Gasteiger partial charge >= 0.3 is 154 Å². The molecule has 140 valence electrons. The van der Waals surface area contributed by atoms with Crippen molar-refractivity contribution in [3.63, 3.8) is 0 Å². The Hall–Kier alpha value is 2.92. The van der Waals surface area contributed by atoms with Gasteiger partial charge < -0.3 is 50.1 Å². The third-order valence-corrected chi connectivity index (χ3v) is 1.25. The Morgan fingerprint density at radius 3 is 1.16 bits per heavy atom. The molecule has 0 aliphatic rings. The van der Waals surface area contributed by atoms with Crippen LogP contribution in [-0.2, 0) is 52.0 Å². The Morgan fingerprint density at radius 2 is 1.08 bits per heavy atom. The Labute approximate surface area is 241 Å². The molecule has 0 amide bonds. The summed E-state index contributed by atoms with van der Waals surface area (Å²) in [4.78, 5) is 38.2. The molecule has 0 unspecified atom stereocenters. The summed E-state index contributed by atoms with van der Waals surface area (Å²) in [6.45, 7) is 0. The van der Waals surface area contributed by atoms with Crippen molar-refractivity contribution in [2.45, 2.75) is 18.4 Å². The summed E-state index contributed by atoms with van der Waals surface area (Å²) in [5, 5.41) is 53.7. The van der Waals surface area contributed by atoms with Gasteiger partial charge in [0, 0.05) is 24.8 Å². The van der Waals surface area contributed by atoms with Gasteiger partial charge in [-0.3, -0.25) is 0 Å². The average Bonchev–Trinajstić information content (AvgIpc) is 2.11. The summed E-state index contributed by atoms with van der Waals surface area (Å²) >= 11 is -1.79. The van der Waals surface area contributed by atoms with Crippen LogP contribution in [0.4, 0.5) is 0 Å². The number of aliphatic carboxylic acids is 3. The molecule has 0 saturated carbocycles. The van der Waals surface area contributed by atoms with E-state index in [9.17, 15) is 29.7 Å². The summed E-state index contributed by atoms with van der Waals surface area (Å²) in [6.07, 6.45) is -2.72. The number of rotatable bonds is 5. The van der Waals surface area contributed by atoms with E-state index in [1.807, 2.05) is 0 Å². The Balaban J connectivity index is -0.0000000463. The minimum atomic E-state index is -2.97. The first-order valence-electron chi connectivity index (χ1n) is 4.00. The molecule has 0 rings (SSSR count). The zero-order valence-corrected chi connectivity index (χ0v) is 24.6. The number of carbonyl (C=O) groups is 3. The zero-order valence-electron chi connectivity index (χ0n) is 12.7. The molecule has 0 saturated heterocycles. The molecule has 0 atom stereocenters. The second kappa shape index (κ2) is 26.9. The van der Waals surface area contributed by atoms with Crippen LogP contribution in [0.1, 0.15) is 12.8 Å². The number of carboxylic acid groups (broad SMARTS) is 3.